The number of carbonyl (C=O) groups excluding carboxylic acids is 1. The van der Waals surface area contributed by atoms with Crippen LogP contribution in [0.3, 0.4) is 0 Å². The highest BCUT2D eigenvalue weighted by Crippen LogP contribution is 2.26. The molecule has 0 amide bonds. The van der Waals surface area contributed by atoms with Gasteiger partial charge in [0.15, 0.2) is 5.78 Å². The van der Waals surface area contributed by atoms with Crippen molar-refractivity contribution >= 4 is 5.78 Å². The molecule has 0 spiro atoms. The van der Waals surface area contributed by atoms with Crippen LogP contribution in [0.1, 0.15) is 38.8 Å². The van der Waals surface area contributed by atoms with E-state index >= 15 is 0 Å². The Bertz CT molecular complexity index is 436. The first kappa shape index (κ1) is 13.3. The lowest BCUT2D eigenvalue weighted by Crippen LogP contribution is -2.50. The van der Waals surface area contributed by atoms with E-state index in [1.165, 1.54) is 11.1 Å². The largest absolute Gasteiger partial charge is 0.298 e. The Morgan fingerprint density at radius 2 is 1.78 bits per heavy atom. The first-order valence-corrected chi connectivity index (χ1v) is 6.87. The molecular formula is C16H23NO. The van der Waals surface area contributed by atoms with E-state index in [0.29, 0.717) is 11.8 Å². The van der Waals surface area contributed by atoms with Gasteiger partial charge in [-0.2, -0.15) is 0 Å². The van der Waals surface area contributed by atoms with Gasteiger partial charge in [-0.3, -0.25) is 9.69 Å². The van der Waals surface area contributed by atoms with Gasteiger partial charge in [0.1, 0.15) is 0 Å². The molecule has 18 heavy (non-hydrogen) atoms. The molecule has 0 bridgehead atoms. The standard InChI is InChI=1S/C16H23NO/c1-11(2)16(18)15-9-13-7-5-6-8-14(13)10-17(15)12(3)4/h5-8,11-12,15H,9-10H2,1-4H3. The van der Waals surface area contributed by atoms with Gasteiger partial charge < -0.3 is 0 Å². The zero-order valence-corrected chi connectivity index (χ0v) is 11.8. The summed E-state index contributed by atoms with van der Waals surface area (Å²) in [4.78, 5) is 14.7. The maximum Gasteiger partial charge on any atom is 0.152 e. The third-order valence-electron chi connectivity index (χ3n) is 3.85. The Morgan fingerprint density at radius 1 is 1.17 bits per heavy atom. The number of rotatable bonds is 3. The summed E-state index contributed by atoms with van der Waals surface area (Å²) in [5.74, 6) is 0.486. The summed E-state index contributed by atoms with van der Waals surface area (Å²) in [6.07, 6.45) is 0.866. The van der Waals surface area contributed by atoms with E-state index in [-0.39, 0.29) is 12.0 Å². The molecule has 0 saturated heterocycles. The molecule has 0 aromatic heterocycles. The van der Waals surface area contributed by atoms with Crippen LogP contribution in [0.15, 0.2) is 24.3 Å². The average molecular weight is 245 g/mol. The number of benzene rings is 1. The van der Waals surface area contributed by atoms with Crippen LogP contribution in [-0.4, -0.2) is 22.8 Å². The number of hydrogen-bond donors (Lipinski definition) is 0. The zero-order chi connectivity index (χ0) is 13.3. The lowest BCUT2D eigenvalue weighted by atomic mass is 9.87. The Kier molecular flexibility index (Phi) is 3.86. The normalized spacial score (nSPS) is 20.2. The summed E-state index contributed by atoms with van der Waals surface area (Å²) < 4.78 is 0. The molecule has 1 unspecified atom stereocenters. The Hall–Kier alpha value is -1.15. The van der Waals surface area contributed by atoms with Gasteiger partial charge in [0.2, 0.25) is 0 Å². The van der Waals surface area contributed by atoms with Gasteiger partial charge in [-0.25, -0.2) is 0 Å². The van der Waals surface area contributed by atoms with Gasteiger partial charge >= 0.3 is 0 Å². The Balaban J connectivity index is 2.32. The van der Waals surface area contributed by atoms with Gasteiger partial charge in [-0.15, -0.1) is 0 Å². The van der Waals surface area contributed by atoms with E-state index in [9.17, 15) is 4.79 Å². The topological polar surface area (TPSA) is 20.3 Å². The first-order valence-electron chi connectivity index (χ1n) is 6.87. The van der Waals surface area contributed by atoms with E-state index in [4.69, 9.17) is 0 Å². The van der Waals surface area contributed by atoms with Crippen LogP contribution in [0.2, 0.25) is 0 Å². The molecule has 0 fully saturated rings. The van der Waals surface area contributed by atoms with Crippen molar-refractivity contribution in [3.63, 3.8) is 0 Å². The van der Waals surface area contributed by atoms with Gasteiger partial charge in [-0.1, -0.05) is 38.1 Å². The van der Waals surface area contributed by atoms with Gasteiger partial charge in [0, 0.05) is 18.5 Å². The molecule has 1 aliphatic rings. The fraction of sp³-hybridized carbons (Fsp3) is 0.562. The summed E-state index contributed by atoms with van der Waals surface area (Å²) >= 11 is 0. The molecule has 0 aliphatic carbocycles. The highest BCUT2D eigenvalue weighted by molar-refractivity contribution is 5.86. The summed E-state index contributed by atoms with van der Waals surface area (Å²) in [7, 11) is 0. The minimum Gasteiger partial charge on any atom is -0.298 e. The van der Waals surface area contributed by atoms with Crippen molar-refractivity contribution in [3.8, 4) is 0 Å². The molecule has 0 saturated carbocycles. The molecule has 1 aliphatic heterocycles. The van der Waals surface area contributed by atoms with Crippen molar-refractivity contribution in [1.82, 2.24) is 4.90 Å². The second-order valence-electron chi connectivity index (χ2n) is 5.81. The lowest BCUT2D eigenvalue weighted by molar-refractivity contribution is -0.128. The minimum atomic E-state index is 0.0555. The predicted octanol–water partition coefficient (Wildman–Crippen LogP) is 3.05. The third kappa shape index (κ3) is 2.49. The summed E-state index contributed by atoms with van der Waals surface area (Å²) in [5.41, 5.74) is 2.72. The fourth-order valence-electron chi connectivity index (χ4n) is 2.73. The van der Waals surface area contributed by atoms with E-state index in [0.717, 1.165) is 13.0 Å². The molecule has 0 N–H and O–H groups in total. The quantitative estimate of drug-likeness (QED) is 0.815. The molecule has 2 nitrogen and oxygen atoms in total. The van der Waals surface area contributed by atoms with Crippen LogP contribution >= 0.6 is 0 Å². The van der Waals surface area contributed by atoms with Crippen molar-refractivity contribution in [2.75, 3.05) is 0 Å². The van der Waals surface area contributed by atoms with Crippen LogP contribution in [0, 0.1) is 5.92 Å². The Morgan fingerprint density at radius 3 is 2.33 bits per heavy atom. The minimum absolute atomic E-state index is 0.0555. The molecule has 1 aromatic carbocycles. The van der Waals surface area contributed by atoms with Crippen molar-refractivity contribution in [1.29, 1.82) is 0 Å². The van der Waals surface area contributed by atoms with Crippen LogP contribution < -0.4 is 0 Å². The van der Waals surface area contributed by atoms with E-state index in [2.05, 4.69) is 43.0 Å². The fourth-order valence-corrected chi connectivity index (χ4v) is 2.73. The average Bonchev–Trinajstić information content (AvgIpc) is 2.36. The molecule has 1 aromatic rings. The molecule has 1 heterocycles. The molecule has 2 heteroatoms. The van der Waals surface area contributed by atoms with Crippen LogP contribution in [0.5, 0.6) is 0 Å². The monoisotopic (exact) mass is 245 g/mol. The van der Waals surface area contributed by atoms with Crippen LogP contribution in [-0.2, 0) is 17.8 Å². The number of nitrogens with zero attached hydrogens (tertiary/aromatic N) is 1. The van der Waals surface area contributed by atoms with Gasteiger partial charge in [0.05, 0.1) is 6.04 Å². The third-order valence-corrected chi connectivity index (χ3v) is 3.85. The molecular weight excluding hydrogens is 222 g/mol. The first-order chi connectivity index (χ1) is 8.50. The van der Waals surface area contributed by atoms with E-state index in [1.54, 1.807) is 0 Å². The predicted molar refractivity (Wildman–Crippen MR) is 74.5 cm³/mol. The number of hydrogen-bond acceptors (Lipinski definition) is 2. The molecule has 1 atom stereocenters. The molecule has 2 rings (SSSR count). The number of ketones is 1. The SMILES string of the molecule is CC(C)C(=O)C1Cc2ccccc2CN1C(C)C. The highest BCUT2D eigenvalue weighted by atomic mass is 16.1. The van der Waals surface area contributed by atoms with Gasteiger partial charge in [-0.05, 0) is 31.4 Å². The van der Waals surface area contributed by atoms with Crippen molar-refractivity contribution in [2.45, 2.75) is 52.7 Å². The van der Waals surface area contributed by atoms with Crippen molar-refractivity contribution in [2.24, 2.45) is 5.92 Å². The lowest BCUT2D eigenvalue weighted by Gasteiger charge is -2.39. The van der Waals surface area contributed by atoms with Crippen molar-refractivity contribution < 1.29 is 4.79 Å². The molecule has 0 radical (unpaired) electrons. The van der Waals surface area contributed by atoms with Crippen LogP contribution in [0.25, 0.3) is 0 Å². The Labute approximate surface area is 110 Å². The maximum absolute atomic E-state index is 12.4. The van der Waals surface area contributed by atoms with Crippen molar-refractivity contribution in [3.05, 3.63) is 35.4 Å². The number of fused-ring (bicyclic) bond motifs is 1. The molecule has 98 valence electrons. The second-order valence-corrected chi connectivity index (χ2v) is 5.81. The summed E-state index contributed by atoms with van der Waals surface area (Å²) in [6, 6.07) is 8.96. The second kappa shape index (κ2) is 5.23. The zero-order valence-electron chi connectivity index (χ0n) is 11.8. The number of Topliss-reactive ketones (excluding diaryl/α,β-unsaturated/α-hetero) is 1. The van der Waals surface area contributed by atoms with E-state index < -0.39 is 0 Å². The highest BCUT2D eigenvalue weighted by Gasteiger charge is 2.33. The smallest absolute Gasteiger partial charge is 0.152 e. The summed E-state index contributed by atoms with van der Waals surface area (Å²) in [6.45, 7) is 9.25. The van der Waals surface area contributed by atoms with E-state index in [1.807, 2.05) is 13.8 Å². The van der Waals surface area contributed by atoms with Gasteiger partial charge in [0.25, 0.3) is 0 Å². The maximum atomic E-state index is 12.4. The van der Waals surface area contributed by atoms with Crippen LogP contribution in [0.4, 0.5) is 0 Å². The number of carbonyl (C=O) groups is 1. The summed E-state index contributed by atoms with van der Waals surface area (Å²) in [5, 5.41) is 0.